The van der Waals surface area contributed by atoms with Gasteiger partial charge in [0.15, 0.2) is 0 Å². The average Bonchev–Trinajstić information content (AvgIpc) is 1.85. The highest BCUT2D eigenvalue weighted by molar-refractivity contribution is 6.36. The van der Waals surface area contributed by atoms with Gasteiger partial charge in [-0.3, -0.25) is 0 Å². The van der Waals surface area contributed by atoms with Crippen molar-refractivity contribution in [3.05, 3.63) is 34.9 Å². The van der Waals surface area contributed by atoms with Crippen molar-refractivity contribution >= 4 is 23.2 Å². The minimum atomic E-state index is -0.717. The molecule has 0 radical (unpaired) electrons. The van der Waals surface area contributed by atoms with Crippen molar-refractivity contribution in [2.75, 3.05) is 0 Å². The number of hydrogen-bond acceptors (Lipinski definition) is 1. The fraction of sp³-hybridized carbons (Fsp3) is 0.250. The summed E-state index contributed by atoms with van der Waals surface area (Å²) >= 11 is 11.2. The molecule has 1 unspecified atom stereocenters. The summed E-state index contributed by atoms with van der Waals surface area (Å²) in [7, 11) is 0. The lowest BCUT2D eigenvalue weighted by Crippen LogP contribution is -2.05. The van der Waals surface area contributed by atoms with E-state index in [1.807, 2.05) is 0 Å². The van der Waals surface area contributed by atoms with Crippen LogP contribution in [0.1, 0.15) is 6.92 Å². The molecule has 0 aliphatic carbocycles. The van der Waals surface area contributed by atoms with E-state index in [-0.39, 0.29) is 5.03 Å². The van der Waals surface area contributed by atoms with Crippen LogP contribution in [-0.2, 0) is 0 Å². The lowest BCUT2D eigenvalue weighted by atomic mass is 10.1. The van der Waals surface area contributed by atoms with Crippen LogP contribution in [0.4, 0.5) is 0 Å². The molecule has 11 heavy (non-hydrogen) atoms. The number of hydrogen-bond donors (Lipinski definition) is 1. The van der Waals surface area contributed by atoms with Crippen LogP contribution in [-0.4, -0.2) is 11.2 Å². The van der Waals surface area contributed by atoms with Crippen LogP contribution in [0.3, 0.4) is 0 Å². The standard InChI is InChI=1S/C8H10Cl2O/c1-4-7(10)8(5(2)9)6(3)11/h4,6,11H,1-2H2,3H3/b8-7-. The molecule has 0 amide bonds. The van der Waals surface area contributed by atoms with E-state index in [1.54, 1.807) is 6.92 Å². The van der Waals surface area contributed by atoms with Crippen LogP contribution < -0.4 is 0 Å². The molecule has 0 aliphatic heterocycles. The van der Waals surface area contributed by atoms with Crippen molar-refractivity contribution in [2.24, 2.45) is 0 Å². The van der Waals surface area contributed by atoms with Gasteiger partial charge in [0.1, 0.15) is 0 Å². The first kappa shape index (κ1) is 10.8. The molecule has 0 bridgehead atoms. The van der Waals surface area contributed by atoms with E-state index < -0.39 is 6.10 Å². The number of aliphatic hydroxyl groups excluding tert-OH is 1. The number of halogens is 2. The number of allylic oxidation sites excluding steroid dienone is 2. The second-order valence-corrected chi connectivity index (χ2v) is 2.91. The first-order valence-corrected chi connectivity index (χ1v) is 3.81. The Balaban J connectivity index is 4.87. The first-order chi connectivity index (χ1) is 5.00. The Hall–Kier alpha value is -0.240. The van der Waals surface area contributed by atoms with Gasteiger partial charge in [0.2, 0.25) is 0 Å². The van der Waals surface area contributed by atoms with Gasteiger partial charge in [0.05, 0.1) is 6.10 Å². The van der Waals surface area contributed by atoms with E-state index >= 15 is 0 Å². The fourth-order valence-corrected chi connectivity index (χ4v) is 1.25. The van der Waals surface area contributed by atoms with Gasteiger partial charge in [-0.25, -0.2) is 0 Å². The average molecular weight is 193 g/mol. The molecule has 0 saturated heterocycles. The minimum Gasteiger partial charge on any atom is -0.389 e. The summed E-state index contributed by atoms with van der Waals surface area (Å²) in [5, 5.41) is 9.72. The summed E-state index contributed by atoms with van der Waals surface area (Å²) in [4.78, 5) is 0. The van der Waals surface area contributed by atoms with Crippen molar-refractivity contribution in [3.8, 4) is 0 Å². The maximum atomic E-state index is 9.15. The lowest BCUT2D eigenvalue weighted by molar-refractivity contribution is 0.234. The van der Waals surface area contributed by atoms with Crippen LogP contribution >= 0.6 is 23.2 Å². The molecule has 3 heteroatoms. The largest absolute Gasteiger partial charge is 0.389 e. The zero-order chi connectivity index (χ0) is 9.02. The first-order valence-electron chi connectivity index (χ1n) is 3.05. The van der Waals surface area contributed by atoms with Gasteiger partial charge in [0, 0.05) is 15.6 Å². The third kappa shape index (κ3) is 3.10. The maximum Gasteiger partial charge on any atom is 0.0790 e. The summed E-state index contributed by atoms with van der Waals surface area (Å²) in [6, 6.07) is 0. The van der Waals surface area contributed by atoms with Gasteiger partial charge in [0.25, 0.3) is 0 Å². The van der Waals surface area contributed by atoms with Gasteiger partial charge in [-0.15, -0.1) is 0 Å². The molecule has 0 fully saturated rings. The summed E-state index contributed by atoms with van der Waals surface area (Å²) in [5.74, 6) is 0. The third-order valence-corrected chi connectivity index (χ3v) is 1.71. The van der Waals surface area contributed by atoms with E-state index in [2.05, 4.69) is 13.2 Å². The van der Waals surface area contributed by atoms with Crippen molar-refractivity contribution in [3.63, 3.8) is 0 Å². The van der Waals surface area contributed by atoms with Crippen LogP contribution in [0.15, 0.2) is 34.9 Å². The summed E-state index contributed by atoms with van der Waals surface area (Å²) < 4.78 is 0. The Morgan fingerprint density at radius 3 is 2.09 bits per heavy atom. The molecule has 0 aromatic carbocycles. The SMILES string of the molecule is C=C/C(Cl)=C(\C(=C)Cl)C(C)O. The van der Waals surface area contributed by atoms with E-state index in [0.717, 1.165) is 0 Å². The summed E-state index contributed by atoms with van der Waals surface area (Å²) in [6.45, 7) is 8.47. The Kier molecular flexibility index (Phi) is 4.50. The van der Waals surface area contributed by atoms with Gasteiger partial charge in [-0.05, 0) is 6.92 Å². The molecule has 1 nitrogen and oxygen atoms in total. The van der Waals surface area contributed by atoms with Gasteiger partial charge in [-0.1, -0.05) is 42.4 Å². The van der Waals surface area contributed by atoms with E-state index in [4.69, 9.17) is 28.3 Å². The Morgan fingerprint density at radius 1 is 1.55 bits per heavy atom. The molecule has 0 spiro atoms. The van der Waals surface area contributed by atoms with Crippen molar-refractivity contribution < 1.29 is 5.11 Å². The zero-order valence-electron chi connectivity index (χ0n) is 6.27. The quantitative estimate of drug-likeness (QED) is 0.683. The van der Waals surface area contributed by atoms with E-state index in [1.165, 1.54) is 6.08 Å². The predicted octanol–water partition coefficient (Wildman–Crippen LogP) is 2.80. The Morgan fingerprint density at radius 2 is 2.00 bits per heavy atom. The van der Waals surface area contributed by atoms with Gasteiger partial charge < -0.3 is 5.11 Å². The normalized spacial score (nSPS) is 15.3. The van der Waals surface area contributed by atoms with Crippen LogP contribution in [0.5, 0.6) is 0 Å². The number of rotatable bonds is 3. The monoisotopic (exact) mass is 192 g/mol. The molecule has 1 N–H and O–H groups in total. The summed E-state index contributed by atoms with van der Waals surface area (Å²) in [6.07, 6.45) is 0.697. The molecule has 0 aromatic rings. The molecular weight excluding hydrogens is 183 g/mol. The maximum absolute atomic E-state index is 9.15. The topological polar surface area (TPSA) is 20.2 Å². The van der Waals surface area contributed by atoms with Crippen molar-refractivity contribution in [2.45, 2.75) is 13.0 Å². The Labute approximate surface area is 76.6 Å². The van der Waals surface area contributed by atoms with Crippen LogP contribution in [0.2, 0.25) is 0 Å². The molecule has 0 rings (SSSR count). The molecule has 62 valence electrons. The third-order valence-electron chi connectivity index (χ3n) is 1.15. The second-order valence-electron chi connectivity index (χ2n) is 2.05. The lowest BCUT2D eigenvalue weighted by Gasteiger charge is -2.09. The van der Waals surface area contributed by atoms with E-state index in [9.17, 15) is 0 Å². The predicted molar refractivity (Wildman–Crippen MR) is 49.7 cm³/mol. The minimum absolute atomic E-state index is 0.241. The highest BCUT2D eigenvalue weighted by atomic mass is 35.5. The fourth-order valence-electron chi connectivity index (χ4n) is 0.666. The molecule has 0 aliphatic rings. The van der Waals surface area contributed by atoms with Gasteiger partial charge in [-0.2, -0.15) is 0 Å². The summed E-state index contributed by atoms with van der Waals surface area (Å²) in [5.41, 5.74) is 0.420. The van der Waals surface area contributed by atoms with Crippen LogP contribution in [0, 0.1) is 0 Å². The molecule has 1 atom stereocenters. The highest BCUT2D eigenvalue weighted by Gasteiger charge is 2.10. The Bertz CT molecular complexity index is 204. The van der Waals surface area contributed by atoms with Crippen LogP contribution in [0.25, 0.3) is 0 Å². The van der Waals surface area contributed by atoms with Crippen molar-refractivity contribution in [1.82, 2.24) is 0 Å². The molecular formula is C8H10Cl2O. The highest BCUT2D eigenvalue weighted by Crippen LogP contribution is 2.23. The second kappa shape index (κ2) is 4.60. The smallest absolute Gasteiger partial charge is 0.0790 e. The zero-order valence-corrected chi connectivity index (χ0v) is 7.78. The molecule has 0 saturated carbocycles. The van der Waals surface area contributed by atoms with E-state index in [0.29, 0.717) is 10.6 Å². The molecule has 0 heterocycles. The number of aliphatic hydroxyl groups is 1. The van der Waals surface area contributed by atoms with Gasteiger partial charge >= 0.3 is 0 Å². The van der Waals surface area contributed by atoms with Crippen molar-refractivity contribution in [1.29, 1.82) is 0 Å². The molecule has 0 aromatic heterocycles.